The summed E-state index contributed by atoms with van der Waals surface area (Å²) in [6.07, 6.45) is 1.62. The molecule has 1 unspecified atom stereocenters. The monoisotopic (exact) mass is 430 g/mol. The molecule has 0 fully saturated rings. The van der Waals surface area contributed by atoms with Gasteiger partial charge in [-0.2, -0.15) is 0 Å². The third-order valence-electron chi connectivity index (χ3n) is 4.78. The van der Waals surface area contributed by atoms with Gasteiger partial charge in [0.25, 0.3) is 0 Å². The molecular formula is C24H26N6O2. The van der Waals surface area contributed by atoms with E-state index in [4.69, 9.17) is 11.1 Å². The molecule has 1 aromatic heterocycles. The lowest BCUT2D eigenvalue weighted by Crippen LogP contribution is -2.42. The standard InChI is InChI=1S/C24H26N6O2/c25-23(26)19-11-9-18(10-12-19)15-29-22(20-8-4-5-13-27-20)24(32)30-16-21(31)28-14-17-6-2-1-3-7-17/h1-13,22,29H,14-16H2,(H3,25,26)(H,28,31)(H,30,32). The van der Waals surface area contributed by atoms with Crippen molar-refractivity contribution in [3.63, 3.8) is 0 Å². The Bertz CT molecular complexity index is 1040. The number of nitrogens with two attached hydrogens (primary N) is 1. The Hall–Kier alpha value is -4.04. The first-order chi connectivity index (χ1) is 15.5. The first-order valence-corrected chi connectivity index (χ1v) is 10.2. The van der Waals surface area contributed by atoms with Crippen LogP contribution in [0.3, 0.4) is 0 Å². The van der Waals surface area contributed by atoms with Gasteiger partial charge in [-0.3, -0.25) is 25.3 Å². The van der Waals surface area contributed by atoms with E-state index in [9.17, 15) is 9.59 Å². The smallest absolute Gasteiger partial charge is 0.243 e. The number of benzene rings is 2. The molecule has 1 heterocycles. The zero-order chi connectivity index (χ0) is 22.8. The van der Waals surface area contributed by atoms with E-state index in [-0.39, 0.29) is 24.2 Å². The minimum absolute atomic E-state index is 0.000731. The lowest BCUT2D eigenvalue weighted by atomic mass is 10.1. The normalized spacial score (nSPS) is 11.4. The number of carbonyl (C=O) groups excluding carboxylic acids is 2. The van der Waals surface area contributed by atoms with Gasteiger partial charge in [-0.1, -0.05) is 60.7 Å². The summed E-state index contributed by atoms with van der Waals surface area (Å²) in [5.74, 6) is -0.624. The molecule has 0 aliphatic rings. The molecule has 0 saturated heterocycles. The number of nitrogen functional groups attached to an aromatic ring is 1. The van der Waals surface area contributed by atoms with Gasteiger partial charge in [-0.25, -0.2) is 0 Å². The highest BCUT2D eigenvalue weighted by atomic mass is 16.2. The predicted molar refractivity (Wildman–Crippen MR) is 123 cm³/mol. The summed E-state index contributed by atoms with van der Waals surface area (Å²) in [5.41, 5.74) is 8.58. The summed E-state index contributed by atoms with van der Waals surface area (Å²) in [4.78, 5) is 29.3. The second kappa shape index (κ2) is 11.4. The van der Waals surface area contributed by atoms with Gasteiger partial charge in [0.15, 0.2) is 0 Å². The van der Waals surface area contributed by atoms with Crippen LogP contribution in [0.2, 0.25) is 0 Å². The third kappa shape index (κ3) is 6.75. The molecule has 6 N–H and O–H groups in total. The van der Waals surface area contributed by atoms with Gasteiger partial charge in [-0.15, -0.1) is 0 Å². The third-order valence-corrected chi connectivity index (χ3v) is 4.78. The van der Waals surface area contributed by atoms with Crippen LogP contribution < -0.4 is 21.7 Å². The lowest BCUT2D eigenvalue weighted by Gasteiger charge is -2.18. The number of nitrogens with zero attached hydrogens (tertiary/aromatic N) is 1. The molecule has 0 aliphatic heterocycles. The van der Waals surface area contributed by atoms with Crippen LogP contribution in [0.5, 0.6) is 0 Å². The topological polar surface area (TPSA) is 133 Å². The van der Waals surface area contributed by atoms with Crippen molar-refractivity contribution >= 4 is 17.6 Å². The Balaban J connectivity index is 1.57. The molecule has 0 bridgehead atoms. The summed E-state index contributed by atoms with van der Waals surface area (Å²) in [5, 5.41) is 16.1. The van der Waals surface area contributed by atoms with Crippen LogP contribution in [0.15, 0.2) is 79.0 Å². The van der Waals surface area contributed by atoms with Crippen molar-refractivity contribution < 1.29 is 9.59 Å². The van der Waals surface area contributed by atoms with E-state index < -0.39 is 6.04 Å². The van der Waals surface area contributed by atoms with Crippen LogP contribution >= 0.6 is 0 Å². The number of amidine groups is 1. The molecule has 0 saturated carbocycles. The highest BCUT2D eigenvalue weighted by Crippen LogP contribution is 2.12. The van der Waals surface area contributed by atoms with Gasteiger partial charge in [-0.05, 0) is 23.3 Å². The van der Waals surface area contributed by atoms with Gasteiger partial charge in [0.2, 0.25) is 11.8 Å². The maximum absolute atomic E-state index is 12.8. The maximum Gasteiger partial charge on any atom is 0.243 e. The van der Waals surface area contributed by atoms with E-state index in [0.717, 1.165) is 11.1 Å². The number of pyridine rings is 1. The van der Waals surface area contributed by atoms with Crippen molar-refractivity contribution in [2.75, 3.05) is 6.54 Å². The maximum atomic E-state index is 12.8. The molecule has 1 atom stereocenters. The largest absolute Gasteiger partial charge is 0.384 e. The molecule has 8 nitrogen and oxygen atoms in total. The van der Waals surface area contributed by atoms with E-state index in [2.05, 4.69) is 20.9 Å². The van der Waals surface area contributed by atoms with Crippen LogP contribution in [-0.2, 0) is 22.7 Å². The highest BCUT2D eigenvalue weighted by Gasteiger charge is 2.21. The van der Waals surface area contributed by atoms with Crippen molar-refractivity contribution in [3.05, 3.63) is 101 Å². The Morgan fingerprint density at radius 1 is 0.875 bits per heavy atom. The fourth-order valence-corrected chi connectivity index (χ4v) is 3.03. The second-order valence-electron chi connectivity index (χ2n) is 7.16. The fourth-order valence-electron chi connectivity index (χ4n) is 3.03. The fraction of sp³-hybridized carbons (Fsp3) is 0.167. The Labute approximate surface area is 186 Å². The number of carbonyl (C=O) groups is 2. The molecule has 32 heavy (non-hydrogen) atoms. The minimum atomic E-state index is -0.731. The van der Waals surface area contributed by atoms with Gasteiger partial charge in [0.05, 0.1) is 12.2 Å². The van der Waals surface area contributed by atoms with Crippen molar-refractivity contribution in [2.24, 2.45) is 5.73 Å². The summed E-state index contributed by atoms with van der Waals surface area (Å²) in [6, 6.07) is 21.4. The van der Waals surface area contributed by atoms with Crippen molar-refractivity contribution in [2.45, 2.75) is 19.1 Å². The van der Waals surface area contributed by atoms with Crippen LogP contribution in [0.4, 0.5) is 0 Å². The predicted octanol–water partition coefficient (Wildman–Crippen LogP) is 1.63. The summed E-state index contributed by atoms with van der Waals surface area (Å²) < 4.78 is 0. The minimum Gasteiger partial charge on any atom is -0.384 e. The SMILES string of the molecule is N=C(N)c1ccc(CNC(C(=O)NCC(=O)NCc2ccccc2)c2ccccn2)cc1. The summed E-state index contributed by atoms with van der Waals surface area (Å²) >= 11 is 0. The highest BCUT2D eigenvalue weighted by molar-refractivity contribution is 5.94. The zero-order valence-corrected chi connectivity index (χ0v) is 17.5. The van der Waals surface area contributed by atoms with Crippen molar-refractivity contribution in [1.29, 1.82) is 5.41 Å². The molecule has 0 aliphatic carbocycles. The van der Waals surface area contributed by atoms with Crippen LogP contribution in [0.1, 0.15) is 28.4 Å². The lowest BCUT2D eigenvalue weighted by molar-refractivity contribution is -0.127. The molecule has 164 valence electrons. The van der Waals surface area contributed by atoms with Crippen molar-refractivity contribution in [3.8, 4) is 0 Å². The van der Waals surface area contributed by atoms with Crippen LogP contribution in [0, 0.1) is 5.41 Å². The molecule has 0 spiro atoms. The molecular weight excluding hydrogens is 404 g/mol. The molecule has 0 radical (unpaired) electrons. The van der Waals surface area contributed by atoms with Gasteiger partial charge < -0.3 is 16.4 Å². The van der Waals surface area contributed by atoms with E-state index >= 15 is 0 Å². The average Bonchev–Trinajstić information content (AvgIpc) is 2.83. The van der Waals surface area contributed by atoms with E-state index in [1.165, 1.54) is 0 Å². The van der Waals surface area contributed by atoms with Gasteiger partial charge in [0, 0.05) is 24.8 Å². The van der Waals surface area contributed by atoms with E-state index in [1.807, 2.05) is 42.5 Å². The average molecular weight is 431 g/mol. The molecule has 3 rings (SSSR count). The Morgan fingerprint density at radius 2 is 1.56 bits per heavy atom. The van der Waals surface area contributed by atoms with E-state index in [1.54, 1.807) is 36.5 Å². The molecule has 8 heteroatoms. The molecule has 2 aromatic carbocycles. The number of aromatic nitrogens is 1. The van der Waals surface area contributed by atoms with Crippen LogP contribution in [0.25, 0.3) is 0 Å². The summed E-state index contributed by atoms with van der Waals surface area (Å²) in [7, 11) is 0. The first kappa shape index (κ1) is 22.6. The zero-order valence-electron chi connectivity index (χ0n) is 17.5. The van der Waals surface area contributed by atoms with Crippen molar-refractivity contribution in [1.82, 2.24) is 20.9 Å². The van der Waals surface area contributed by atoms with Crippen LogP contribution in [-0.4, -0.2) is 29.2 Å². The number of rotatable bonds is 10. The number of nitrogens with one attached hydrogen (secondary N) is 4. The first-order valence-electron chi connectivity index (χ1n) is 10.2. The number of amides is 2. The number of hydrogen-bond donors (Lipinski definition) is 5. The Kier molecular flexibility index (Phi) is 8.05. The second-order valence-corrected chi connectivity index (χ2v) is 7.16. The van der Waals surface area contributed by atoms with Gasteiger partial charge >= 0.3 is 0 Å². The molecule has 2 amide bonds. The van der Waals surface area contributed by atoms with Gasteiger partial charge in [0.1, 0.15) is 11.9 Å². The molecule has 3 aromatic rings. The van der Waals surface area contributed by atoms with E-state index in [0.29, 0.717) is 24.3 Å². The summed E-state index contributed by atoms with van der Waals surface area (Å²) in [6.45, 7) is 0.657. The Morgan fingerprint density at radius 3 is 2.22 bits per heavy atom. The quantitative estimate of drug-likeness (QED) is 0.246. The number of hydrogen-bond acceptors (Lipinski definition) is 5.